The van der Waals surface area contributed by atoms with Gasteiger partial charge in [0.1, 0.15) is 4.90 Å². The van der Waals surface area contributed by atoms with Gasteiger partial charge in [0.15, 0.2) is 0 Å². The van der Waals surface area contributed by atoms with E-state index >= 15 is 0 Å². The van der Waals surface area contributed by atoms with Crippen molar-refractivity contribution in [3.63, 3.8) is 0 Å². The van der Waals surface area contributed by atoms with Gasteiger partial charge >= 0.3 is 0 Å². The van der Waals surface area contributed by atoms with E-state index in [1.165, 1.54) is 0 Å². The summed E-state index contributed by atoms with van der Waals surface area (Å²) in [6, 6.07) is 9.97. The van der Waals surface area contributed by atoms with Crippen LogP contribution in [0.4, 0.5) is 0 Å². The molecular weight excluding hydrogens is 346 g/mol. The minimum Gasteiger partial charge on any atom is -0.267 e. The van der Waals surface area contributed by atoms with Crippen LogP contribution in [0.3, 0.4) is 0 Å². The molecule has 0 atom stereocenters. The summed E-state index contributed by atoms with van der Waals surface area (Å²) in [5.74, 6) is 0. The highest BCUT2D eigenvalue weighted by Crippen LogP contribution is 2.30. The highest BCUT2D eigenvalue weighted by molar-refractivity contribution is 7.89. The molecule has 1 aromatic carbocycles. The SMILES string of the molecule is CCCN(CCC)S(=O)(=O)c1cn(Cc2ccccc2)nc1C(C)(C)C. The normalized spacial score (nSPS) is 12.7. The highest BCUT2D eigenvalue weighted by Gasteiger charge is 2.33. The summed E-state index contributed by atoms with van der Waals surface area (Å²) in [6.07, 6.45) is 3.28. The summed E-state index contributed by atoms with van der Waals surface area (Å²) in [5, 5.41) is 4.66. The molecule has 26 heavy (non-hydrogen) atoms. The van der Waals surface area contributed by atoms with E-state index in [1.54, 1.807) is 15.2 Å². The topological polar surface area (TPSA) is 55.2 Å². The van der Waals surface area contributed by atoms with Gasteiger partial charge in [-0.1, -0.05) is 65.0 Å². The molecule has 0 N–H and O–H groups in total. The van der Waals surface area contributed by atoms with Crippen molar-refractivity contribution in [2.45, 2.75) is 64.3 Å². The van der Waals surface area contributed by atoms with E-state index in [1.807, 2.05) is 65.0 Å². The zero-order valence-electron chi connectivity index (χ0n) is 16.6. The Bertz CT molecular complexity index is 799. The summed E-state index contributed by atoms with van der Waals surface area (Å²) in [7, 11) is -3.56. The molecule has 0 unspecified atom stereocenters. The fourth-order valence-electron chi connectivity index (χ4n) is 2.95. The quantitative estimate of drug-likeness (QED) is 0.698. The second kappa shape index (κ2) is 8.35. The summed E-state index contributed by atoms with van der Waals surface area (Å²) in [4.78, 5) is 0.336. The molecule has 2 rings (SSSR count). The van der Waals surface area contributed by atoms with E-state index in [9.17, 15) is 8.42 Å². The van der Waals surface area contributed by atoms with E-state index in [-0.39, 0.29) is 5.41 Å². The second-order valence-electron chi connectivity index (χ2n) is 7.68. The first-order chi connectivity index (χ1) is 12.2. The minimum absolute atomic E-state index is 0.336. The van der Waals surface area contributed by atoms with Crippen molar-refractivity contribution in [1.29, 1.82) is 0 Å². The number of aromatic nitrogens is 2. The number of benzene rings is 1. The summed E-state index contributed by atoms with van der Waals surface area (Å²) in [6.45, 7) is 11.6. The van der Waals surface area contributed by atoms with Gasteiger partial charge in [-0.05, 0) is 18.4 Å². The molecule has 0 saturated carbocycles. The van der Waals surface area contributed by atoms with Crippen molar-refractivity contribution in [3.8, 4) is 0 Å². The van der Waals surface area contributed by atoms with E-state index in [0.29, 0.717) is 30.2 Å². The number of rotatable bonds is 8. The van der Waals surface area contributed by atoms with Crippen LogP contribution >= 0.6 is 0 Å². The van der Waals surface area contributed by atoms with Crippen LogP contribution in [-0.2, 0) is 22.0 Å². The number of hydrogen-bond donors (Lipinski definition) is 0. The van der Waals surface area contributed by atoms with Crippen LogP contribution in [-0.4, -0.2) is 35.6 Å². The summed E-state index contributed by atoms with van der Waals surface area (Å²) >= 11 is 0. The predicted octanol–water partition coefficient (Wildman–Crippen LogP) is 4.04. The van der Waals surface area contributed by atoms with Crippen molar-refractivity contribution in [2.24, 2.45) is 0 Å². The lowest BCUT2D eigenvalue weighted by Crippen LogP contribution is -2.33. The molecule has 1 heterocycles. The van der Waals surface area contributed by atoms with E-state index in [4.69, 9.17) is 0 Å². The standard InChI is InChI=1S/C20H31N3O2S/c1-6-13-23(14-7-2)26(24,25)18-16-22(21-19(18)20(3,4)5)15-17-11-9-8-10-12-17/h8-12,16H,6-7,13-15H2,1-5H3. The Hall–Kier alpha value is -1.66. The van der Waals surface area contributed by atoms with Crippen LogP contribution in [0.15, 0.2) is 41.4 Å². The smallest absolute Gasteiger partial charge is 0.246 e. The van der Waals surface area contributed by atoms with Crippen LogP contribution in [0, 0.1) is 0 Å². The van der Waals surface area contributed by atoms with Crippen molar-refractivity contribution >= 4 is 10.0 Å². The Morgan fingerprint density at radius 1 is 1.04 bits per heavy atom. The molecule has 6 heteroatoms. The molecule has 0 fully saturated rings. The number of nitrogens with zero attached hydrogens (tertiary/aromatic N) is 3. The predicted molar refractivity (Wildman–Crippen MR) is 106 cm³/mol. The molecule has 144 valence electrons. The Morgan fingerprint density at radius 3 is 2.12 bits per heavy atom. The maximum atomic E-state index is 13.3. The first-order valence-electron chi connectivity index (χ1n) is 9.32. The Balaban J connectivity index is 2.48. The average molecular weight is 378 g/mol. The first kappa shape index (κ1) is 20.6. The molecule has 0 aliphatic heterocycles. The Morgan fingerprint density at radius 2 is 1.62 bits per heavy atom. The molecule has 0 amide bonds. The van der Waals surface area contributed by atoms with Crippen molar-refractivity contribution in [1.82, 2.24) is 14.1 Å². The molecule has 0 radical (unpaired) electrons. The van der Waals surface area contributed by atoms with Gasteiger partial charge in [-0.25, -0.2) is 8.42 Å². The van der Waals surface area contributed by atoms with E-state index in [2.05, 4.69) is 5.10 Å². The van der Waals surface area contributed by atoms with Crippen molar-refractivity contribution in [3.05, 3.63) is 47.8 Å². The molecule has 0 saturated heterocycles. The third-order valence-corrected chi connectivity index (χ3v) is 6.09. The Labute approximate surface area is 158 Å². The third kappa shape index (κ3) is 4.74. The van der Waals surface area contributed by atoms with Gasteiger partial charge in [-0.15, -0.1) is 0 Å². The lowest BCUT2D eigenvalue weighted by atomic mass is 9.92. The third-order valence-electron chi connectivity index (χ3n) is 4.19. The average Bonchev–Trinajstić information content (AvgIpc) is 3.00. The van der Waals surface area contributed by atoms with Gasteiger partial charge in [0, 0.05) is 24.7 Å². The maximum Gasteiger partial charge on any atom is 0.246 e. The molecule has 0 bridgehead atoms. The lowest BCUT2D eigenvalue weighted by molar-refractivity contribution is 0.407. The van der Waals surface area contributed by atoms with Crippen molar-refractivity contribution in [2.75, 3.05) is 13.1 Å². The monoisotopic (exact) mass is 377 g/mol. The molecule has 0 aliphatic rings. The number of hydrogen-bond acceptors (Lipinski definition) is 3. The molecule has 0 spiro atoms. The minimum atomic E-state index is -3.56. The van der Waals surface area contributed by atoms with E-state index in [0.717, 1.165) is 18.4 Å². The van der Waals surface area contributed by atoms with Crippen LogP contribution < -0.4 is 0 Å². The zero-order valence-corrected chi connectivity index (χ0v) is 17.4. The van der Waals surface area contributed by atoms with Gasteiger partial charge in [0.25, 0.3) is 0 Å². The lowest BCUT2D eigenvalue weighted by Gasteiger charge is -2.23. The summed E-state index contributed by atoms with van der Waals surface area (Å²) < 4.78 is 30.0. The summed E-state index contributed by atoms with van der Waals surface area (Å²) in [5.41, 5.74) is 1.37. The van der Waals surface area contributed by atoms with Crippen LogP contribution in [0.1, 0.15) is 58.7 Å². The van der Waals surface area contributed by atoms with Gasteiger partial charge < -0.3 is 0 Å². The zero-order chi connectivity index (χ0) is 19.4. The molecule has 2 aromatic rings. The maximum absolute atomic E-state index is 13.3. The van der Waals surface area contributed by atoms with Gasteiger partial charge in [-0.2, -0.15) is 9.40 Å². The van der Waals surface area contributed by atoms with E-state index < -0.39 is 10.0 Å². The second-order valence-corrected chi connectivity index (χ2v) is 9.59. The molecule has 1 aromatic heterocycles. The molecular formula is C20H31N3O2S. The first-order valence-corrected chi connectivity index (χ1v) is 10.8. The van der Waals surface area contributed by atoms with Gasteiger partial charge in [0.05, 0.1) is 12.2 Å². The van der Waals surface area contributed by atoms with Crippen molar-refractivity contribution < 1.29 is 8.42 Å². The molecule has 0 aliphatic carbocycles. The Kier molecular flexibility index (Phi) is 6.64. The van der Waals surface area contributed by atoms with Crippen LogP contribution in [0.25, 0.3) is 0 Å². The molecule has 5 nitrogen and oxygen atoms in total. The fraction of sp³-hybridized carbons (Fsp3) is 0.550. The van der Waals surface area contributed by atoms with Gasteiger partial charge in [0.2, 0.25) is 10.0 Å². The van der Waals surface area contributed by atoms with Crippen LogP contribution in [0.5, 0.6) is 0 Å². The van der Waals surface area contributed by atoms with Gasteiger partial charge in [-0.3, -0.25) is 4.68 Å². The fourth-order valence-corrected chi connectivity index (χ4v) is 4.92. The number of sulfonamides is 1. The highest BCUT2D eigenvalue weighted by atomic mass is 32.2. The largest absolute Gasteiger partial charge is 0.267 e. The van der Waals surface area contributed by atoms with Crippen LogP contribution in [0.2, 0.25) is 0 Å².